The van der Waals surface area contributed by atoms with E-state index in [2.05, 4.69) is 0 Å². The third kappa shape index (κ3) is 2.00. The minimum absolute atomic E-state index is 0.0684. The molecule has 1 aromatic rings. The summed E-state index contributed by atoms with van der Waals surface area (Å²) in [5.74, 6) is -1.37. The number of anilines is 1. The minimum Gasteiger partial charge on any atom is -0.495 e. The molecule has 0 spiro atoms. The molecule has 2 aliphatic carbocycles. The first-order valence-corrected chi connectivity index (χ1v) is 8.42. The maximum atomic E-state index is 13.1. The summed E-state index contributed by atoms with van der Waals surface area (Å²) in [5.41, 5.74) is 2.25. The average molecular weight is 354 g/mol. The van der Waals surface area contributed by atoms with Gasteiger partial charge in [0.2, 0.25) is 11.8 Å². The van der Waals surface area contributed by atoms with Gasteiger partial charge in [0.1, 0.15) is 11.4 Å². The Morgan fingerprint density at radius 3 is 2.15 bits per heavy atom. The molecule has 2 fully saturated rings. The fraction of sp³-hybridized carbons (Fsp3) is 0.368. The fourth-order valence-corrected chi connectivity index (χ4v) is 4.63. The summed E-state index contributed by atoms with van der Waals surface area (Å²) in [6.45, 7) is 4.00. The Morgan fingerprint density at radius 1 is 1.12 bits per heavy atom. The number of hydrogen-bond donors (Lipinski definition) is 0. The Morgan fingerprint density at radius 2 is 1.69 bits per heavy atom. The molecule has 2 bridgehead atoms. The summed E-state index contributed by atoms with van der Waals surface area (Å²) < 4.78 is 5.25. The molecule has 4 atom stereocenters. The number of amides is 2. The highest BCUT2D eigenvalue weighted by molar-refractivity contribution is 6.24. The number of benzene rings is 1. The van der Waals surface area contributed by atoms with Crippen LogP contribution in [0.15, 0.2) is 41.5 Å². The number of imide groups is 1. The van der Waals surface area contributed by atoms with E-state index in [1.165, 1.54) is 25.3 Å². The molecule has 2 amide bonds. The molecule has 1 aliphatic heterocycles. The van der Waals surface area contributed by atoms with E-state index in [0.29, 0.717) is 0 Å². The van der Waals surface area contributed by atoms with Crippen LogP contribution in [-0.2, 0) is 9.59 Å². The van der Waals surface area contributed by atoms with Crippen LogP contribution in [0, 0.1) is 33.8 Å². The molecule has 4 unspecified atom stereocenters. The van der Waals surface area contributed by atoms with Crippen molar-refractivity contribution in [2.45, 2.75) is 13.8 Å². The van der Waals surface area contributed by atoms with Crippen LogP contribution >= 0.6 is 0 Å². The quantitative estimate of drug-likeness (QED) is 0.360. The Bertz CT molecular complexity index is 879. The molecule has 7 nitrogen and oxygen atoms in total. The van der Waals surface area contributed by atoms with Gasteiger partial charge >= 0.3 is 0 Å². The molecule has 1 heterocycles. The van der Waals surface area contributed by atoms with Gasteiger partial charge in [0.05, 0.1) is 23.9 Å². The van der Waals surface area contributed by atoms with Crippen molar-refractivity contribution >= 4 is 23.2 Å². The van der Waals surface area contributed by atoms with E-state index in [-0.39, 0.29) is 40.8 Å². The summed E-state index contributed by atoms with van der Waals surface area (Å²) in [4.78, 5) is 37.9. The van der Waals surface area contributed by atoms with E-state index in [0.717, 1.165) is 16.0 Å². The zero-order chi connectivity index (χ0) is 18.7. The van der Waals surface area contributed by atoms with E-state index in [1.807, 2.05) is 26.0 Å². The lowest BCUT2D eigenvalue weighted by Gasteiger charge is -2.21. The molecule has 1 saturated carbocycles. The molecular formula is C19H18N2O5. The Kier molecular flexibility index (Phi) is 3.50. The Balaban J connectivity index is 1.80. The van der Waals surface area contributed by atoms with Crippen molar-refractivity contribution in [3.8, 4) is 5.75 Å². The number of fused-ring (bicyclic) bond motifs is 5. The number of methoxy groups -OCH3 is 1. The molecule has 3 aliphatic rings. The average Bonchev–Trinajstić information content (AvgIpc) is 3.24. The van der Waals surface area contributed by atoms with Crippen LogP contribution in [-0.4, -0.2) is 23.8 Å². The summed E-state index contributed by atoms with van der Waals surface area (Å²) >= 11 is 0. The molecule has 0 aromatic heterocycles. The summed E-state index contributed by atoms with van der Waals surface area (Å²) in [6.07, 6.45) is 4.01. The number of rotatable bonds is 3. The van der Waals surface area contributed by atoms with Crippen LogP contribution in [0.1, 0.15) is 13.8 Å². The van der Waals surface area contributed by atoms with E-state index in [9.17, 15) is 19.7 Å². The van der Waals surface area contributed by atoms with Crippen LogP contribution in [0.25, 0.3) is 0 Å². The molecule has 4 rings (SSSR count). The smallest absolute Gasteiger partial charge is 0.271 e. The van der Waals surface area contributed by atoms with E-state index >= 15 is 0 Å². The molecular weight excluding hydrogens is 336 g/mol. The first kappa shape index (κ1) is 16.5. The normalized spacial score (nSPS) is 28.7. The second kappa shape index (κ2) is 5.52. The van der Waals surface area contributed by atoms with Crippen LogP contribution in [0.4, 0.5) is 11.4 Å². The van der Waals surface area contributed by atoms with Gasteiger partial charge < -0.3 is 4.74 Å². The Labute approximate surface area is 150 Å². The summed E-state index contributed by atoms with van der Waals surface area (Å²) in [5, 5.41) is 11.1. The van der Waals surface area contributed by atoms with E-state index < -0.39 is 16.8 Å². The fourth-order valence-electron chi connectivity index (χ4n) is 4.63. The van der Waals surface area contributed by atoms with Gasteiger partial charge in [-0.25, -0.2) is 4.90 Å². The lowest BCUT2D eigenvalue weighted by atomic mass is 9.85. The number of carbonyl (C=O) groups is 2. The topological polar surface area (TPSA) is 89.8 Å². The highest BCUT2D eigenvalue weighted by Crippen LogP contribution is 2.57. The standard InChI is InChI=1S/C19H18N2O5/c1-9(2)15-11-5-6-12(15)17-16(11)18(22)20(19(17)23)13-8-10(21(24)25)4-7-14(13)26-3/h4-8,11-12,16-17H,1-3H3. The van der Waals surface area contributed by atoms with Gasteiger partial charge in [-0.05, 0) is 19.9 Å². The maximum Gasteiger partial charge on any atom is 0.271 e. The van der Waals surface area contributed by atoms with E-state index in [1.54, 1.807) is 0 Å². The van der Waals surface area contributed by atoms with Crippen molar-refractivity contribution in [3.05, 3.63) is 51.6 Å². The monoisotopic (exact) mass is 354 g/mol. The lowest BCUT2D eigenvalue weighted by molar-refractivity contribution is -0.384. The van der Waals surface area contributed by atoms with Crippen LogP contribution in [0.5, 0.6) is 5.75 Å². The third-order valence-corrected chi connectivity index (χ3v) is 5.61. The number of hydrogen-bond acceptors (Lipinski definition) is 5. The minimum atomic E-state index is -0.554. The third-order valence-electron chi connectivity index (χ3n) is 5.61. The predicted octanol–water partition coefficient (Wildman–Crippen LogP) is 2.86. The number of carbonyl (C=O) groups excluding carboxylic acids is 2. The van der Waals surface area contributed by atoms with Crippen molar-refractivity contribution in [3.63, 3.8) is 0 Å². The maximum absolute atomic E-state index is 13.1. The van der Waals surface area contributed by atoms with Crippen molar-refractivity contribution in [2.75, 3.05) is 12.0 Å². The molecule has 1 aromatic carbocycles. The zero-order valence-electron chi connectivity index (χ0n) is 14.6. The van der Waals surface area contributed by atoms with Crippen molar-refractivity contribution < 1.29 is 19.2 Å². The number of non-ortho nitro benzene ring substituents is 1. The second-order valence-electron chi connectivity index (χ2n) is 7.07. The molecule has 134 valence electrons. The summed E-state index contributed by atoms with van der Waals surface area (Å²) in [6, 6.07) is 3.93. The van der Waals surface area contributed by atoms with E-state index in [4.69, 9.17) is 4.74 Å². The van der Waals surface area contributed by atoms with Crippen LogP contribution < -0.4 is 9.64 Å². The molecule has 7 heteroatoms. The van der Waals surface area contributed by atoms with Crippen molar-refractivity contribution in [2.24, 2.45) is 23.7 Å². The highest BCUT2D eigenvalue weighted by Gasteiger charge is 2.62. The first-order valence-electron chi connectivity index (χ1n) is 8.42. The molecule has 0 N–H and O–H groups in total. The number of nitro benzene ring substituents is 1. The van der Waals surface area contributed by atoms with Crippen molar-refractivity contribution in [1.82, 2.24) is 0 Å². The largest absolute Gasteiger partial charge is 0.495 e. The van der Waals surface area contributed by atoms with Gasteiger partial charge in [0.25, 0.3) is 5.69 Å². The first-order chi connectivity index (χ1) is 12.4. The van der Waals surface area contributed by atoms with Gasteiger partial charge in [-0.15, -0.1) is 0 Å². The summed E-state index contributed by atoms with van der Waals surface area (Å²) in [7, 11) is 1.41. The molecule has 26 heavy (non-hydrogen) atoms. The second-order valence-corrected chi connectivity index (χ2v) is 7.07. The van der Waals surface area contributed by atoms with Crippen molar-refractivity contribution in [1.29, 1.82) is 0 Å². The van der Waals surface area contributed by atoms with Gasteiger partial charge in [0, 0.05) is 24.0 Å². The van der Waals surface area contributed by atoms with Gasteiger partial charge in [0.15, 0.2) is 0 Å². The molecule has 1 saturated heterocycles. The number of nitro groups is 1. The van der Waals surface area contributed by atoms with Crippen LogP contribution in [0.2, 0.25) is 0 Å². The Hall–Kier alpha value is -2.96. The molecule has 0 radical (unpaired) electrons. The van der Waals surface area contributed by atoms with Gasteiger partial charge in [-0.2, -0.15) is 0 Å². The lowest BCUT2D eigenvalue weighted by Crippen LogP contribution is -2.33. The highest BCUT2D eigenvalue weighted by atomic mass is 16.6. The predicted molar refractivity (Wildman–Crippen MR) is 93.6 cm³/mol. The number of nitrogens with zero attached hydrogens (tertiary/aromatic N) is 2. The number of allylic oxidation sites excluding steroid dienone is 4. The van der Waals surface area contributed by atoms with Gasteiger partial charge in [-0.1, -0.05) is 23.3 Å². The van der Waals surface area contributed by atoms with Gasteiger partial charge in [-0.3, -0.25) is 19.7 Å². The number of ether oxygens (including phenoxy) is 1. The zero-order valence-corrected chi connectivity index (χ0v) is 14.6. The van der Waals surface area contributed by atoms with Crippen LogP contribution in [0.3, 0.4) is 0 Å². The SMILES string of the molecule is COc1ccc([N+](=O)[O-])cc1N1C(=O)C2C3C=CC(C3=C(C)C)C2C1=O.